The van der Waals surface area contributed by atoms with E-state index in [2.05, 4.69) is 0 Å². The molecule has 1 unspecified atom stereocenters. The minimum absolute atomic E-state index is 0.639. The number of rotatable bonds is 0. The molecule has 1 atom stereocenters. The van der Waals surface area contributed by atoms with Crippen molar-refractivity contribution in [3.63, 3.8) is 0 Å². The number of hydrogen-bond acceptors (Lipinski definition) is 0. The molecule has 2 fully saturated rings. The fourth-order valence-electron chi connectivity index (χ4n) is 1.53. The molecule has 0 N–H and O–H groups in total. The van der Waals surface area contributed by atoms with E-state index >= 15 is 0 Å². The third-order valence-corrected chi connectivity index (χ3v) is 6.13. The normalized spacial score (nSPS) is 37.7. The van der Waals surface area contributed by atoms with Gasteiger partial charge in [-0.25, -0.2) is 0 Å². The van der Waals surface area contributed by atoms with E-state index in [1.807, 2.05) is 0 Å². The van der Waals surface area contributed by atoms with Crippen LogP contribution in [0.4, 0.5) is 0 Å². The third-order valence-electron chi connectivity index (χ3n) is 2.24. The van der Waals surface area contributed by atoms with E-state index in [1.165, 1.54) is 0 Å². The van der Waals surface area contributed by atoms with Gasteiger partial charge in [0.1, 0.15) is 0 Å². The van der Waals surface area contributed by atoms with Gasteiger partial charge in [-0.05, 0) is 0 Å². The van der Waals surface area contributed by atoms with Crippen LogP contribution >= 0.6 is 0 Å². The van der Waals surface area contributed by atoms with Gasteiger partial charge in [-0.15, -0.1) is 0 Å². The van der Waals surface area contributed by atoms with Gasteiger partial charge in [-0.2, -0.15) is 0 Å². The van der Waals surface area contributed by atoms with E-state index in [-0.39, 0.29) is 0 Å². The topological polar surface area (TPSA) is 0 Å². The van der Waals surface area contributed by atoms with Gasteiger partial charge in [-0.1, -0.05) is 0 Å². The van der Waals surface area contributed by atoms with Crippen molar-refractivity contribution in [2.75, 3.05) is 0 Å². The molecule has 2 aliphatic rings. The van der Waals surface area contributed by atoms with Gasteiger partial charge in [-0.3, -0.25) is 0 Å². The Labute approximate surface area is 51.4 Å². The summed E-state index contributed by atoms with van der Waals surface area (Å²) in [6.45, 7) is 0. The van der Waals surface area contributed by atoms with Crippen molar-refractivity contribution in [3.05, 3.63) is 0 Å². The zero-order valence-corrected chi connectivity index (χ0v) is 6.63. The van der Waals surface area contributed by atoms with Gasteiger partial charge in [0, 0.05) is 0 Å². The first-order valence-electron chi connectivity index (χ1n) is 3.16. The molecule has 0 aromatic rings. The predicted octanol–water partition coefficient (Wildman–Crippen LogP) is 1.59. The molecule has 1 aliphatic heterocycles. The van der Waals surface area contributed by atoms with Gasteiger partial charge < -0.3 is 0 Å². The van der Waals surface area contributed by atoms with Gasteiger partial charge in [0.05, 0.1) is 0 Å². The van der Waals surface area contributed by atoms with E-state index in [1.54, 1.807) is 30.9 Å². The maximum absolute atomic E-state index is 1.69. The molecular weight excluding hydrogens is 147 g/mol. The molecule has 1 saturated heterocycles. The van der Waals surface area contributed by atoms with Crippen LogP contribution in [0.3, 0.4) is 0 Å². The molecule has 0 nitrogen and oxygen atoms in total. The first-order chi connectivity index (χ1) is 3.41. The summed E-state index contributed by atoms with van der Waals surface area (Å²) in [5.74, 6) is 0. The third kappa shape index (κ3) is 0.643. The molecule has 0 amide bonds. The quantitative estimate of drug-likeness (QED) is 0.469. The van der Waals surface area contributed by atoms with E-state index in [0.29, 0.717) is 15.8 Å². The SMILES string of the molecule is C1CCC2(C1)C[AsH]2. The van der Waals surface area contributed by atoms with Crippen LogP contribution in [0.1, 0.15) is 25.7 Å². The summed E-state index contributed by atoms with van der Waals surface area (Å²) in [4.78, 5) is 0. The Balaban J connectivity index is 2.07. The molecule has 7 heavy (non-hydrogen) atoms. The Morgan fingerprint density at radius 3 is 2.00 bits per heavy atom. The van der Waals surface area contributed by atoms with Gasteiger partial charge in [0.15, 0.2) is 0 Å². The molecule has 1 saturated carbocycles. The Morgan fingerprint density at radius 1 is 1.14 bits per heavy atom. The minimum atomic E-state index is 0.639. The summed E-state index contributed by atoms with van der Waals surface area (Å²) in [7, 11) is 0. The monoisotopic (exact) mass is 158 g/mol. The molecule has 0 aromatic carbocycles. The van der Waals surface area contributed by atoms with Gasteiger partial charge in [0.25, 0.3) is 0 Å². The fourth-order valence-corrected chi connectivity index (χ4v) is 4.28. The van der Waals surface area contributed by atoms with Crippen LogP contribution in [0.25, 0.3) is 0 Å². The molecule has 0 bridgehead atoms. The zero-order valence-electron chi connectivity index (χ0n) is 4.54. The van der Waals surface area contributed by atoms with Crippen molar-refractivity contribution in [1.29, 1.82) is 0 Å². The summed E-state index contributed by atoms with van der Waals surface area (Å²) in [5, 5.41) is 1.69. The van der Waals surface area contributed by atoms with E-state index in [9.17, 15) is 0 Å². The van der Waals surface area contributed by atoms with Crippen molar-refractivity contribution in [2.45, 2.75) is 35.1 Å². The van der Waals surface area contributed by atoms with Crippen molar-refractivity contribution in [3.8, 4) is 0 Å². The van der Waals surface area contributed by atoms with Crippen LogP contribution in [0.15, 0.2) is 0 Å². The van der Waals surface area contributed by atoms with Crippen LogP contribution in [0.5, 0.6) is 0 Å². The van der Waals surface area contributed by atoms with E-state index < -0.39 is 0 Å². The van der Waals surface area contributed by atoms with Crippen LogP contribution in [-0.2, 0) is 0 Å². The maximum atomic E-state index is 1.69. The van der Waals surface area contributed by atoms with E-state index in [4.69, 9.17) is 0 Å². The second-order valence-corrected chi connectivity index (χ2v) is 6.55. The van der Waals surface area contributed by atoms with E-state index in [0.717, 1.165) is 4.20 Å². The van der Waals surface area contributed by atoms with Crippen LogP contribution in [0, 0.1) is 0 Å². The number of hydrogen-bond donors (Lipinski definition) is 0. The summed E-state index contributed by atoms with van der Waals surface area (Å²) in [5.41, 5.74) is 0. The fraction of sp³-hybridized carbons (Fsp3) is 1.00. The van der Waals surface area contributed by atoms with Crippen LogP contribution in [0.2, 0.25) is 9.41 Å². The summed E-state index contributed by atoms with van der Waals surface area (Å²) >= 11 is 0.639. The summed E-state index contributed by atoms with van der Waals surface area (Å²) in [6, 6.07) is 0. The summed E-state index contributed by atoms with van der Waals surface area (Å²) < 4.78 is 1.07. The standard InChI is InChI=1S/C6H11As/c1-2-4-6(3-1)5-7-6/h7H,1-5H2. The van der Waals surface area contributed by atoms with Crippen LogP contribution in [-0.4, -0.2) is 15.8 Å². The van der Waals surface area contributed by atoms with Gasteiger partial charge in [0.2, 0.25) is 0 Å². The van der Waals surface area contributed by atoms with Crippen LogP contribution < -0.4 is 0 Å². The molecule has 1 aliphatic carbocycles. The Hall–Kier alpha value is 0.558. The molecule has 0 radical (unpaired) electrons. The second kappa shape index (κ2) is 1.28. The van der Waals surface area contributed by atoms with Gasteiger partial charge >= 0.3 is 50.8 Å². The predicted molar refractivity (Wildman–Crippen MR) is 33.1 cm³/mol. The molecule has 0 aromatic heterocycles. The average molecular weight is 158 g/mol. The molecule has 40 valence electrons. The second-order valence-electron chi connectivity index (χ2n) is 2.84. The first kappa shape index (κ1) is 4.44. The summed E-state index contributed by atoms with van der Waals surface area (Å²) in [6.07, 6.45) is 6.35. The molecule has 1 heterocycles. The molecule has 2 rings (SSSR count). The van der Waals surface area contributed by atoms with Crippen molar-refractivity contribution in [1.82, 2.24) is 0 Å². The Morgan fingerprint density at radius 2 is 1.71 bits per heavy atom. The Bertz CT molecular complexity index is 76.2. The van der Waals surface area contributed by atoms with Crippen molar-refractivity contribution < 1.29 is 0 Å². The van der Waals surface area contributed by atoms with Crippen molar-refractivity contribution in [2.24, 2.45) is 0 Å². The zero-order chi connectivity index (χ0) is 4.74. The molecule has 1 heteroatoms. The Kier molecular flexibility index (Phi) is 0.815. The average Bonchev–Trinajstić information content (AvgIpc) is 2.15. The first-order valence-corrected chi connectivity index (χ1v) is 5.70. The van der Waals surface area contributed by atoms with Crippen molar-refractivity contribution >= 4 is 15.8 Å². The molecular formula is C6H11As. The molecule has 1 spiro atoms.